The van der Waals surface area contributed by atoms with Crippen LogP contribution < -0.4 is 24.8 Å². The second-order valence-electron chi connectivity index (χ2n) is 10.8. The van der Waals surface area contributed by atoms with Gasteiger partial charge in [-0.05, 0) is 87.8 Å². The summed E-state index contributed by atoms with van der Waals surface area (Å²) in [5.41, 5.74) is 17.3. The van der Waals surface area contributed by atoms with E-state index in [1.807, 2.05) is 12.2 Å². The molecule has 0 N–H and O–H groups in total. The predicted octanol–water partition coefficient (Wildman–Crippen LogP) is 5.05. The fourth-order valence-electron chi connectivity index (χ4n) is 5.00. The molecule has 4 rings (SSSR count). The summed E-state index contributed by atoms with van der Waals surface area (Å²) in [4.78, 5) is 0. The first-order valence-corrected chi connectivity index (χ1v) is 21.3. The van der Waals surface area contributed by atoms with Gasteiger partial charge >= 0.3 is 149 Å². The van der Waals surface area contributed by atoms with Crippen molar-refractivity contribution >= 4 is 17.0 Å². The maximum atomic E-state index is 5.74. The minimum atomic E-state index is -1.96. The van der Waals surface area contributed by atoms with Gasteiger partial charge in [0.05, 0.1) is 0 Å². The normalized spacial score (nSPS) is 20.1. The summed E-state index contributed by atoms with van der Waals surface area (Å²) >= 11 is -0.391. The number of allylic oxidation sites excluding steroid dienone is 16. The number of hydrogen-bond acceptors (Lipinski definition) is 0. The molecule has 0 unspecified atom stereocenters. The summed E-state index contributed by atoms with van der Waals surface area (Å²) < 4.78 is 2.91. The van der Waals surface area contributed by atoms with Crippen molar-refractivity contribution in [2.24, 2.45) is 5.41 Å². The van der Waals surface area contributed by atoms with Gasteiger partial charge in [0.25, 0.3) is 0 Å². The van der Waals surface area contributed by atoms with Gasteiger partial charge < -0.3 is 24.8 Å². The van der Waals surface area contributed by atoms with Gasteiger partial charge in [0, 0.05) is 0 Å². The molecule has 0 saturated heterocycles. The summed E-state index contributed by atoms with van der Waals surface area (Å²) in [6.45, 7) is 25.0. The van der Waals surface area contributed by atoms with Crippen LogP contribution in [0.5, 0.6) is 0 Å². The Morgan fingerprint density at radius 1 is 0.703 bits per heavy atom. The van der Waals surface area contributed by atoms with Gasteiger partial charge in [0.2, 0.25) is 0 Å². The quantitative estimate of drug-likeness (QED) is 0.373. The van der Waals surface area contributed by atoms with Crippen molar-refractivity contribution in [3.8, 4) is 0 Å². The van der Waals surface area contributed by atoms with Gasteiger partial charge in [-0.3, -0.25) is 0 Å². The molecule has 4 aliphatic rings. The zero-order valence-corrected chi connectivity index (χ0v) is 32.3. The van der Waals surface area contributed by atoms with Crippen LogP contribution in [-0.2, 0) is 44.1 Å². The van der Waals surface area contributed by atoms with Crippen molar-refractivity contribution in [1.82, 2.24) is 0 Å². The van der Waals surface area contributed by atoms with Crippen LogP contribution in [0.1, 0.15) is 95.4 Å². The second kappa shape index (κ2) is 15.7. The molecule has 0 aromatic rings. The van der Waals surface area contributed by atoms with Crippen molar-refractivity contribution in [2.75, 3.05) is 0 Å². The molecule has 6 heteroatoms. The van der Waals surface area contributed by atoms with Crippen LogP contribution in [0.15, 0.2) is 86.1 Å². The summed E-state index contributed by atoms with van der Waals surface area (Å²) in [5.74, 6) is 0. The van der Waals surface area contributed by atoms with Gasteiger partial charge in [-0.1, -0.05) is 11.1 Å². The third-order valence-electron chi connectivity index (χ3n) is 8.64. The average molecular weight is 739 g/mol. The van der Waals surface area contributed by atoms with Gasteiger partial charge in [-0.15, -0.1) is 0 Å². The van der Waals surface area contributed by atoms with Crippen LogP contribution in [0.4, 0.5) is 0 Å². The molecule has 0 heterocycles. The zero-order valence-electron chi connectivity index (χ0n) is 24.4. The number of halogens is 4. The van der Waals surface area contributed by atoms with Crippen molar-refractivity contribution < 1.29 is 68.9 Å². The Bertz CT molecular complexity index is 1080. The molecule has 0 spiro atoms. The van der Waals surface area contributed by atoms with Crippen LogP contribution >= 0.6 is 17.0 Å². The topological polar surface area (TPSA) is 0 Å². The molecular formula is C31H42Cl4Zr2. The van der Waals surface area contributed by atoms with E-state index in [4.69, 9.17) is 17.0 Å². The Labute approximate surface area is 270 Å². The molecule has 0 saturated carbocycles. The maximum absolute atomic E-state index is 5.74. The average Bonchev–Trinajstić information content (AvgIpc) is 3.53. The molecule has 37 heavy (non-hydrogen) atoms. The number of rotatable bonds is 2. The molecule has 0 aliphatic heterocycles. The molecule has 202 valence electrons. The summed E-state index contributed by atoms with van der Waals surface area (Å²) in [5, 5.41) is 0. The summed E-state index contributed by atoms with van der Waals surface area (Å²) in [6.07, 6.45) is 9.48. The third-order valence-corrected chi connectivity index (χ3v) is 16.1. The van der Waals surface area contributed by atoms with E-state index < -0.39 is 19.4 Å². The monoisotopic (exact) mass is 734 g/mol. The summed E-state index contributed by atoms with van der Waals surface area (Å²) in [7, 11) is 11.5. The number of hydrogen-bond donors (Lipinski definition) is 0. The van der Waals surface area contributed by atoms with E-state index in [0.29, 0.717) is 5.41 Å². The Morgan fingerprint density at radius 2 is 1.14 bits per heavy atom. The van der Waals surface area contributed by atoms with Crippen LogP contribution in [0.2, 0.25) is 0 Å². The van der Waals surface area contributed by atoms with Crippen LogP contribution in [0.3, 0.4) is 0 Å². The molecule has 0 aromatic carbocycles. The zero-order chi connectivity index (χ0) is 26.8. The van der Waals surface area contributed by atoms with E-state index in [9.17, 15) is 0 Å². The molecule has 0 nitrogen and oxygen atoms in total. The third kappa shape index (κ3) is 8.67. The SMILES string of the molecule is CC1=C(C)C(C)(C)[C]([Zr+2])=C1C.CC1=C(C)C(C)=C(C2=C(C)C(C)=C(C)C2)C1.[Cl-].[Cl-].[Cl][Zr]([Cl])[C]1=CC=CC1. The van der Waals surface area contributed by atoms with Crippen molar-refractivity contribution in [3.63, 3.8) is 0 Å². The molecule has 0 bridgehead atoms. The molecule has 0 aromatic heterocycles. The van der Waals surface area contributed by atoms with E-state index >= 15 is 0 Å². The van der Waals surface area contributed by atoms with E-state index in [-0.39, 0.29) is 24.8 Å². The van der Waals surface area contributed by atoms with Crippen molar-refractivity contribution in [2.45, 2.75) is 95.4 Å². The van der Waals surface area contributed by atoms with Crippen molar-refractivity contribution in [3.05, 3.63) is 86.1 Å². The van der Waals surface area contributed by atoms with Crippen LogP contribution in [0, 0.1) is 5.41 Å². The van der Waals surface area contributed by atoms with E-state index in [1.165, 1.54) is 49.6 Å². The first-order valence-electron chi connectivity index (χ1n) is 12.5. The van der Waals surface area contributed by atoms with E-state index in [1.54, 1.807) is 55.9 Å². The van der Waals surface area contributed by atoms with Crippen molar-refractivity contribution in [1.29, 1.82) is 0 Å². The standard InChI is InChI=1S/C16H22.C10H15.C5H5.4ClH.2Zr/c1-9-7-15(13(5)11(9)3)16-8-10(2)12(4)14(16)6;1-7-6-10(4,5)9(3)8(7)2;1-2-4-5-3-1;;;;;;/h7-8H2,1-6H3;1-5H3;1-3H,4H2;4*1H;;/q;;;;;;;2*+2/p-4. The summed E-state index contributed by atoms with van der Waals surface area (Å²) in [6, 6.07) is 0. The molecule has 0 atom stereocenters. The van der Waals surface area contributed by atoms with E-state index in [2.05, 4.69) is 82.2 Å². The molecule has 0 radical (unpaired) electrons. The predicted molar refractivity (Wildman–Crippen MR) is 150 cm³/mol. The Balaban J connectivity index is 0.000000543. The molecular weight excluding hydrogens is 697 g/mol. The van der Waals surface area contributed by atoms with Gasteiger partial charge in [0.15, 0.2) is 0 Å². The second-order valence-corrected chi connectivity index (χ2v) is 20.5. The Morgan fingerprint density at radius 3 is 1.30 bits per heavy atom. The Hall–Kier alpha value is 0.846. The fourth-order valence-corrected chi connectivity index (χ4v) is 8.80. The first kappa shape index (κ1) is 37.8. The van der Waals surface area contributed by atoms with Gasteiger partial charge in [-0.2, -0.15) is 0 Å². The van der Waals surface area contributed by atoms with Crippen LogP contribution in [0.25, 0.3) is 0 Å². The fraction of sp³-hybridized carbons (Fsp3) is 0.484. The van der Waals surface area contributed by atoms with Gasteiger partial charge in [0.1, 0.15) is 0 Å². The minimum absolute atomic E-state index is 0. The molecule has 0 fully saturated rings. The molecule has 4 aliphatic carbocycles. The first-order chi connectivity index (χ1) is 16.1. The van der Waals surface area contributed by atoms with Crippen LogP contribution in [-0.4, -0.2) is 0 Å². The van der Waals surface area contributed by atoms with E-state index in [0.717, 1.165) is 6.42 Å². The Kier molecular flexibility index (Phi) is 16.1. The van der Waals surface area contributed by atoms with Gasteiger partial charge in [-0.25, -0.2) is 0 Å². The molecule has 0 amide bonds.